The predicted octanol–water partition coefficient (Wildman–Crippen LogP) is 3.97. The molecule has 2 aliphatic rings. The molecular weight excluding hydrogens is 482 g/mol. The zero-order valence-electron chi connectivity index (χ0n) is 19.4. The van der Waals surface area contributed by atoms with Gasteiger partial charge in [0.25, 0.3) is 11.8 Å². The average molecular weight is 510 g/mol. The molecule has 7 nitrogen and oxygen atoms in total. The third-order valence-electron chi connectivity index (χ3n) is 6.84. The Morgan fingerprint density at radius 3 is 2.49 bits per heavy atom. The van der Waals surface area contributed by atoms with Crippen molar-refractivity contribution >= 4 is 38.2 Å². The fourth-order valence-electron chi connectivity index (χ4n) is 4.88. The van der Waals surface area contributed by atoms with Gasteiger partial charge in [0.2, 0.25) is 10.0 Å². The van der Waals surface area contributed by atoms with Crippen molar-refractivity contribution in [1.82, 2.24) is 4.31 Å². The second kappa shape index (κ2) is 9.22. The summed E-state index contributed by atoms with van der Waals surface area (Å²) in [5.41, 5.74) is 9.48. The largest absolute Gasteiger partial charge is 0.365 e. The zero-order valence-corrected chi connectivity index (χ0v) is 21.0. The second-order valence-electron chi connectivity index (χ2n) is 9.26. The number of benzene rings is 2. The van der Waals surface area contributed by atoms with Gasteiger partial charge in [-0.15, -0.1) is 11.3 Å². The van der Waals surface area contributed by atoms with Crippen LogP contribution in [-0.4, -0.2) is 31.1 Å². The summed E-state index contributed by atoms with van der Waals surface area (Å²) >= 11 is 1.40. The first-order chi connectivity index (χ1) is 16.7. The van der Waals surface area contributed by atoms with E-state index in [1.165, 1.54) is 45.5 Å². The van der Waals surface area contributed by atoms with Crippen molar-refractivity contribution in [2.24, 2.45) is 11.7 Å². The van der Waals surface area contributed by atoms with Crippen LogP contribution < -0.4 is 11.1 Å². The van der Waals surface area contributed by atoms with Gasteiger partial charge in [0.15, 0.2) is 0 Å². The Kier molecular flexibility index (Phi) is 6.25. The van der Waals surface area contributed by atoms with Gasteiger partial charge in [-0.1, -0.05) is 31.2 Å². The molecular formula is C26H27N3O4S2. The summed E-state index contributed by atoms with van der Waals surface area (Å²) in [7, 11) is -3.69. The van der Waals surface area contributed by atoms with Crippen molar-refractivity contribution in [3.63, 3.8) is 0 Å². The van der Waals surface area contributed by atoms with Crippen LogP contribution in [0.5, 0.6) is 0 Å². The molecule has 1 atom stereocenters. The van der Waals surface area contributed by atoms with E-state index in [0.29, 0.717) is 41.6 Å². The first-order valence-electron chi connectivity index (χ1n) is 11.7. The van der Waals surface area contributed by atoms with Gasteiger partial charge in [0.1, 0.15) is 5.00 Å². The zero-order chi connectivity index (χ0) is 24.7. The normalized spacial score (nSPS) is 17.9. The highest BCUT2D eigenvalue weighted by Gasteiger charge is 2.29. The van der Waals surface area contributed by atoms with E-state index in [-0.39, 0.29) is 4.90 Å². The number of rotatable bonds is 5. The van der Waals surface area contributed by atoms with E-state index in [1.54, 1.807) is 0 Å². The highest BCUT2D eigenvalue weighted by Crippen LogP contribution is 2.39. The van der Waals surface area contributed by atoms with Crippen molar-refractivity contribution in [3.05, 3.63) is 81.2 Å². The highest BCUT2D eigenvalue weighted by atomic mass is 32.2. The summed E-state index contributed by atoms with van der Waals surface area (Å²) in [6, 6.07) is 13.8. The molecule has 182 valence electrons. The molecule has 0 spiro atoms. The van der Waals surface area contributed by atoms with Crippen molar-refractivity contribution in [2.75, 3.05) is 11.9 Å². The van der Waals surface area contributed by atoms with Crippen LogP contribution >= 0.6 is 11.3 Å². The van der Waals surface area contributed by atoms with Crippen LogP contribution in [0.4, 0.5) is 5.00 Å². The van der Waals surface area contributed by atoms with Gasteiger partial charge in [-0.2, -0.15) is 4.31 Å². The maximum absolute atomic E-state index is 13.2. The molecule has 2 aromatic carbocycles. The van der Waals surface area contributed by atoms with Crippen LogP contribution in [0, 0.1) is 5.92 Å². The van der Waals surface area contributed by atoms with Crippen molar-refractivity contribution in [1.29, 1.82) is 0 Å². The predicted molar refractivity (Wildman–Crippen MR) is 136 cm³/mol. The molecule has 5 rings (SSSR count). The van der Waals surface area contributed by atoms with E-state index >= 15 is 0 Å². The Hall–Kier alpha value is -3.01. The van der Waals surface area contributed by atoms with Crippen LogP contribution in [0.1, 0.15) is 55.6 Å². The molecule has 0 fully saturated rings. The van der Waals surface area contributed by atoms with E-state index in [1.807, 2.05) is 24.3 Å². The van der Waals surface area contributed by atoms with E-state index in [4.69, 9.17) is 5.73 Å². The maximum atomic E-state index is 13.2. The van der Waals surface area contributed by atoms with E-state index in [2.05, 4.69) is 12.2 Å². The Bertz CT molecular complexity index is 1410. The fraction of sp³-hybridized carbons (Fsp3) is 0.308. The Morgan fingerprint density at radius 2 is 1.77 bits per heavy atom. The molecule has 3 N–H and O–H groups in total. The molecule has 0 saturated carbocycles. The smallest absolute Gasteiger partial charge is 0.256 e. The lowest BCUT2D eigenvalue weighted by atomic mass is 9.88. The minimum Gasteiger partial charge on any atom is -0.365 e. The third-order valence-corrected chi connectivity index (χ3v) is 9.86. The van der Waals surface area contributed by atoms with Crippen molar-refractivity contribution in [3.8, 4) is 0 Å². The standard InChI is InChI=1S/C26H27N3O4S2/c1-16-6-11-21-22(14-16)34-26(23(21)24(27)30)28-25(31)18-7-9-20(10-8-18)35(32,33)29-13-12-17-4-2-3-5-19(17)15-29/h2-5,7-10,16H,6,11-15H2,1H3,(H2,27,30)(H,28,31)/t16-/m0/s1. The van der Waals surface area contributed by atoms with Gasteiger partial charge < -0.3 is 11.1 Å². The molecule has 0 saturated heterocycles. The summed E-state index contributed by atoms with van der Waals surface area (Å²) in [6.45, 7) is 2.92. The molecule has 0 bridgehead atoms. The number of primary amides is 1. The molecule has 0 radical (unpaired) electrons. The highest BCUT2D eigenvalue weighted by molar-refractivity contribution is 7.89. The minimum absolute atomic E-state index is 0.145. The van der Waals surface area contributed by atoms with Gasteiger partial charge in [0, 0.05) is 23.5 Å². The molecule has 1 aromatic heterocycles. The second-order valence-corrected chi connectivity index (χ2v) is 12.3. The summed E-state index contributed by atoms with van der Waals surface area (Å²) < 4.78 is 27.9. The lowest BCUT2D eigenvalue weighted by Gasteiger charge is -2.28. The number of fused-ring (bicyclic) bond motifs is 2. The number of nitrogens with zero attached hydrogens (tertiary/aromatic N) is 1. The Morgan fingerprint density at radius 1 is 1.06 bits per heavy atom. The molecule has 1 aliphatic carbocycles. The first-order valence-corrected chi connectivity index (χ1v) is 13.9. The SMILES string of the molecule is C[C@H]1CCc2c(sc(NC(=O)c3ccc(S(=O)(=O)N4CCc5ccccc5C4)cc3)c2C(N)=O)C1. The quantitative estimate of drug-likeness (QED) is 0.542. The van der Waals surface area contributed by atoms with Gasteiger partial charge in [0.05, 0.1) is 10.5 Å². The summed E-state index contributed by atoms with van der Waals surface area (Å²) in [5.74, 6) is -0.430. The molecule has 2 heterocycles. The van der Waals surface area contributed by atoms with Crippen LogP contribution in [0.25, 0.3) is 0 Å². The molecule has 3 aromatic rings. The first kappa shape index (κ1) is 23.7. The number of hydrogen-bond acceptors (Lipinski definition) is 5. The number of carbonyl (C=O) groups excluding carboxylic acids is 2. The minimum atomic E-state index is -3.69. The topological polar surface area (TPSA) is 110 Å². The number of carbonyl (C=O) groups is 2. The molecule has 1 aliphatic heterocycles. The lowest BCUT2D eigenvalue weighted by Crippen LogP contribution is -2.35. The van der Waals surface area contributed by atoms with Gasteiger partial charge >= 0.3 is 0 Å². The summed E-state index contributed by atoms with van der Waals surface area (Å²) in [4.78, 5) is 26.3. The van der Waals surface area contributed by atoms with E-state index < -0.39 is 21.8 Å². The third kappa shape index (κ3) is 4.51. The van der Waals surface area contributed by atoms with Crippen molar-refractivity contribution < 1.29 is 18.0 Å². The van der Waals surface area contributed by atoms with E-state index in [9.17, 15) is 18.0 Å². The Labute approximate surface area is 209 Å². The number of sulfonamides is 1. The fourth-order valence-corrected chi connectivity index (χ4v) is 7.71. The van der Waals surface area contributed by atoms with Gasteiger partial charge in [-0.25, -0.2) is 8.42 Å². The van der Waals surface area contributed by atoms with Crippen LogP contribution in [0.3, 0.4) is 0 Å². The molecule has 0 unspecified atom stereocenters. The van der Waals surface area contributed by atoms with Crippen LogP contribution in [-0.2, 0) is 35.8 Å². The number of amides is 2. The number of thiophene rings is 1. The molecule has 2 amide bonds. The number of nitrogens with two attached hydrogens (primary N) is 1. The number of anilines is 1. The lowest BCUT2D eigenvalue weighted by molar-refractivity contribution is 0.1000. The van der Waals surface area contributed by atoms with Gasteiger partial charge in [-0.05, 0) is 72.6 Å². The van der Waals surface area contributed by atoms with Crippen LogP contribution in [0.15, 0.2) is 53.4 Å². The number of nitrogens with one attached hydrogen (secondary N) is 1. The number of hydrogen-bond donors (Lipinski definition) is 2. The molecule has 35 heavy (non-hydrogen) atoms. The molecule has 9 heteroatoms. The monoisotopic (exact) mass is 509 g/mol. The Balaban J connectivity index is 1.34. The summed E-state index contributed by atoms with van der Waals surface area (Å²) in [6.07, 6.45) is 3.29. The summed E-state index contributed by atoms with van der Waals surface area (Å²) in [5, 5.41) is 3.29. The van der Waals surface area contributed by atoms with Gasteiger partial charge in [-0.3, -0.25) is 9.59 Å². The van der Waals surface area contributed by atoms with E-state index in [0.717, 1.165) is 35.3 Å². The average Bonchev–Trinajstić information content (AvgIpc) is 3.20. The van der Waals surface area contributed by atoms with Crippen LogP contribution in [0.2, 0.25) is 0 Å². The maximum Gasteiger partial charge on any atom is 0.256 e. The van der Waals surface area contributed by atoms with Crippen molar-refractivity contribution in [2.45, 2.75) is 44.0 Å².